The number of aromatic nitrogens is 5. The highest BCUT2D eigenvalue weighted by molar-refractivity contribution is 5.94. The van der Waals surface area contributed by atoms with Crippen molar-refractivity contribution in [2.75, 3.05) is 20.0 Å². The second kappa shape index (κ2) is 9.76. The third-order valence-corrected chi connectivity index (χ3v) is 4.27. The van der Waals surface area contributed by atoms with Crippen LogP contribution in [0.15, 0.2) is 21.9 Å². The third kappa shape index (κ3) is 4.89. The van der Waals surface area contributed by atoms with Crippen LogP contribution in [0.4, 0.5) is 5.82 Å². The lowest BCUT2D eigenvalue weighted by molar-refractivity contribution is -0.132. The second-order valence-electron chi connectivity index (χ2n) is 6.91. The van der Waals surface area contributed by atoms with E-state index in [2.05, 4.69) is 35.8 Å². The van der Waals surface area contributed by atoms with Crippen LogP contribution in [0.3, 0.4) is 0 Å². The Balaban J connectivity index is 1.84. The molecule has 1 aromatic carbocycles. The molecule has 14 nitrogen and oxygen atoms in total. The largest absolute Gasteiger partial charge is 0.493 e. The van der Waals surface area contributed by atoms with E-state index in [0.29, 0.717) is 11.3 Å². The lowest BCUT2D eigenvalue weighted by Crippen LogP contribution is -2.21. The average molecular weight is 458 g/mol. The van der Waals surface area contributed by atoms with E-state index in [0.717, 1.165) is 0 Å². The summed E-state index contributed by atoms with van der Waals surface area (Å²) in [6, 6.07) is 3.12. The van der Waals surface area contributed by atoms with Gasteiger partial charge in [-0.2, -0.15) is 9.78 Å². The maximum absolute atomic E-state index is 12.7. The molecule has 0 unspecified atom stereocenters. The Morgan fingerprint density at radius 2 is 1.88 bits per heavy atom. The number of nitrogen functional groups attached to an aromatic ring is 1. The molecule has 3 rings (SSSR count). The van der Waals surface area contributed by atoms with Crippen LogP contribution in [-0.4, -0.2) is 57.6 Å². The standard InChI is InChI=1S/C19H22N8O6/c1-9(2)15-14(22-26-27(15)18-17(20)24-33-25-18)19(29)23-21-8-11-6-12(30-4)16(32-10(3)28)13(7-11)31-5/h6-9H,1-5H3,(H2,20,24)(H,23,29). The predicted octanol–water partition coefficient (Wildman–Crippen LogP) is 1.06. The molecule has 0 aliphatic rings. The lowest BCUT2D eigenvalue weighted by Gasteiger charge is -2.13. The quantitative estimate of drug-likeness (QED) is 0.213. The van der Waals surface area contributed by atoms with Crippen molar-refractivity contribution >= 4 is 23.9 Å². The van der Waals surface area contributed by atoms with E-state index in [-0.39, 0.29) is 40.5 Å². The van der Waals surface area contributed by atoms with Crippen molar-refractivity contribution in [3.05, 3.63) is 29.1 Å². The van der Waals surface area contributed by atoms with Crippen molar-refractivity contribution in [2.45, 2.75) is 26.7 Å². The number of hydrazone groups is 1. The highest BCUT2D eigenvalue weighted by atomic mass is 16.6. The van der Waals surface area contributed by atoms with Crippen molar-refractivity contribution in [3.63, 3.8) is 0 Å². The predicted molar refractivity (Wildman–Crippen MR) is 114 cm³/mol. The topological polar surface area (TPSA) is 182 Å². The zero-order chi connectivity index (χ0) is 24.1. The summed E-state index contributed by atoms with van der Waals surface area (Å²) in [5.74, 6) is -0.532. The smallest absolute Gasteiger partial charge is 0.308 e. The number of hydrogen-bond acceptors (Lipinski definition) is 12. The molecule has 0 fully saturated rings. The maximum atomic E-state index is 12.7. The summed E-state index contributed by atoms with van der Waals surface area (Å²) >= 11 is 0. The van der Waals surface area contributed by atoms with Gasteiger partial charge in [-0.05, 0) is 28.4 Å². The van der Waals surface area contributed by atoms with Crippen LogP contribution in [-0.2, 0) is 4.79 Å². The van der Waals surface area contributed by atoms with Crippen LogP contribution in [0, 0.1) is 0 Å². The molecule has 1 amide bonds. The van der Waals surface area contributed by atoms with Gasteiger partial charge >= 0.3 is 5.97 Å². The van der Waals surface area contributed by atoms with E-state index in [1.807, 2.05) is 13.8 Å². The highest BCUT2D eigenvalue weighted by Crippen LogP contribution is 2.38. The summed E-state index contributed by atoms with van der Waals surface area (Å²) in [6.45, 7) is 4.96. The number of benzene rings is 1. The van der Waals surface area contributed by atoms with Gasteiger partial charge in [0, 0.05) is 12.5 Å². The van der Waals surface area contributed by atoms with Crippen LogP contribution in [0.5, 0.6) is 17.2 Å². The normalized spacial score (nSPS) is 11.1. The van der Waals surface area contributed by atoms with Crippen molar-refractivity contribution in [1.82, 2.24) is 30.7 Å². The Labute approximate surface area is 187 Å². The molecule has 3 N–H and O–H groups in total. The first kappa shape index (κ1) is 23.2. The summed E-state index contributed by atoms with van der Waals surface area (Å²) in [4.78, 5) is 24.1. The molecule has 3 aromatic rings. The average Bonchev–Trinajstić information content (AvgIpc) is 3.39. The van der Waals surface area contributed by atoms with E-state index in [9.17, 15) is 9.59 Å². The zero-order valence-electron chi connectivity index (χ0n) is 18.5. The van der Waals surface area contributed by atoms with Crippen LogP contribution >= 0.6 is 0 Å². The number of nitrogens with one attached hydrogen (secondary N) is 1. The van der Waals surface area contributed by atoms with Crippen molar-refractivity contribution in [3.8, 4) is 23.1 Å². The van der Waals surface area contributed by atoms with Crippen molar-refractivity contribution < 1.29 is 28.4 Å². The van der Waals surface area contributed by atoms with Gasteiger partial charge in [0.25, 0.3) is 5.91 Å². The summed E-state index contributed by atoms with van der Waals surface area (Å²) in [5.41, 5.74) is 9.11. The second-order valence-corrected chi connectivity index (χ2v) is 6.91. The number of hydrogen-bond donors (Lipinski definition) is 2. The van der Waals surface area contributed by atoms with Gasteiger partial charge in [0.15, 0.2) is 17.2 Å². The summed E-state index contributed by atoms with van der Waals surface area (Å²) in [7, 11) is 2.83. The third-order valence-electron chi connectivity index (χ3n) is 4.27. The molecule has 0 saturated carbocycles. The van der Waals surface area contributed by atoms with Gasteiger partial charge in [0.1, 0.15) is 0 Å². The molecule has 174 valence electrons. The Morgan fingerprint density at radius 1 is 1.21 bits per heavy atom. The number of rotatable bonds is 8. The molecule has 0 aliphatic carbocycles. The molecule has 33 heavy (non-hydrogen) atoms. The van der Waals surface area contributed by atoms with Gasteiger partial charge in [-0.3, -0.25) is 9.59 Å². The van der Waals surface area contributed by atoms with Gasteiger partial charge in [0.05, 0.1) is 26.1 Å². The Kier molecular flexibility index (Phi) is 6.85. The molecule has 0 aliphatic heterocycles. The molecular weight excluding hydrogens is 436 g/mol. The van der Waals surface area contributed by atoms with Gasteiger partial charge < -0.3 is 19.9 Å². The van der Waals surface area contributed by atoms with Crippen LogP contribution in [0.1, 0.15) is 48.4 Å². The fraction of sp³-hybridized carbons (Fsp3) is 0.316. The molecule has 0 spiro atoms. The van der Waals surface area contributed by atoms with Crippen molar-refractivity contribution in [1.29, 1.82) is 0 Å². The fourth-order valence-corrected chi connectivity index (χ4v) is 2.90. The SMILES string of the molecule is COc1cc(C=NNC(=O)c2nnn(-c3nonc3N)c2C(C)C)cc(OC)c1OC(C)=O. The van der Waals surface area contributed by atoms with E-state index in [4.69, 9.17) is 19.9 Å². The Morgan fingerprint density at radius 3 is 2.39 bits per heavy atom. The Hall–Kier alpha value is -4.49. The molecule has 14 heteroatoms. The summed E-state index contributed by atoms with van der Waals surface area (Å²) < 4.78 is 21.6. The molecule has 0 bridgehead atoms. The fourth-order valence-electron chi connectivity index (χ4n) is 2.90. The van der Waals surface area contributed by atoms with E-state index in [1.54, 1.807) is 12.1 Å². The number of nitrogens with zero attached hydrogens (tertiary/aromatic N) is 6. The number of nitrogens with two attached hydrogens (primary N) is 1. The number of esters is 1. The number of carbonyl (C=O) groups is 2. The van der Waals surface area contributed by atoms with E-state index >= 15 is 0 Å². The van der Waals surface area contributed by atoms with Gasteiger partial charge in [0.2, 0.25) is 17.4 Å². The van der Waals surface area contributed by atoms with Gasteiger partial charge in [-0.25, -0.2) is 10.1 Å². The van der Waals surface area contributed by atoms with Gasteiger partial charge in [-0.1, -0.05) is 19.1 Å². The molecule has 0 radical (unpaired) electrons. The van der Waals surface area contributed by atoms with E-state index < -0.39 is 11.9 Å². The minimum absolute atomic E-state index is 0.00636. The molecular formula is C19H22N8O6. The molecule has 2 aromatic heterocycles. The minimum atomic E-state index is -0.605. The first-order valence-electron chi connectivity index (χ1n) is 9.58. The number of carbonyl (C=O) groups excluding carboxylic acids is 2. The van der Waals surface area contributed by atoms with Gasteiger partial charge in [-0.15, -0.1) is 5.10 Å². The Bertz CT molecular complexity index is 1170. The lowest BCUT2D eigenvalue weighted by atomic mass is 10.1. The van der Waals surface area contributed by atoms with Crippen LogP contribution in [0.2, 0.25) is 0 Å². The summed E-state index contributed by atoms with van der Waals surface area (Å²) in [6.07, 6.45) is 1.36. The zero-order valence-corrected chi connectivity index (χ0v) is 18.5. The molecule has 0 saturated heterocycles. The van der Waals surface area contributed by atoms with E-state index in [1.165, 1.54) is 32.0 Å². The number of anilines is 1. The summed E-state index contributed by atoms with van der Waals surface area (Å²) in [5, 5.41) is 19.0. The first-order chi connectivity index (χ1) is 15.8. The molecule has 0 atom stereocenters. The first-order valence-corrected chi connectivity index (χ1v) is 9.58. The number of methoxy groups -OCH3 is 2. The number of ether oxygens (including phenoxy) is 3. The monoisotopic (exact) mass is 458 g/mol. The highest BCUT2D eigenvalue weighted by Gasteiger charge is 2.25. The van der Waals surface area contributed by atoms with Crippen molar-refractivity contribution in [2.24, 2.45) is 5.10 Å². The van der Waals surface area contributed by atoms with Crippen LogP contribution < -0.4 is 25.4 Å². The minimum Gasteiger partial charge on any atom is -0.493 e. The maximum Gasteiger partial charge on any atom is 0.308 e. The van der Waals surface area contributed by atoms with Crippen LogP contribution in [0.25, 0.3) is 5.82 Å². The number of amides is 1. The molecule has 2 heterocycles.